The van der Waals surface area contributed by atoms with Crippen LogP contribution in [0.25, 0.3) is 11.1 Å². The van der Waals surface area contributed by atoms with E-state index >= 15 is 0 Å². The van der Waals surface area contributed by atoms with Crippen molar-refractivity contribution < 1.29 is 23.9 Å². The molecule has 0 bridgehead atoms. The summed E-state index contributed by atoms with van der Waals surface area (Å²) in [5.41, 5.74) is 4.57. The minimum absolute atomic E-state index is 0.0686. The quantitative estimate of drug-likeness (QED) is 0.192. The summed E-state index contributed by atoms with van der Waals surface area (Å²) in [6.45, 7) is 5.66. The summed E-state index contributed by atoms with van der Waals surface area (Å²) >= 11 is 0. The average molecular weight is 551 g/mol. The van der Waals surface area contributed by atoms with Gasteiger partial charge in [0.15, 0.2) is 5.78 Å². The molecule has 0 spiro atoms. The number of pyridine rings is 1. The van der Waals surface area contributed by atoms with Gasteiger partial charge in [0.1, 0.15) is 11.4 Å². The number of aromatic nitrogens is 1. The van der Waals surface area contributed by atoms with E-state index in [0.29, 0.717) is 17.0 Å². The van der Waals surface area contributed by atoms with Gasteiger partial charge in [-0.2, -0.15) is 0 Å². The van der Waals surface area contributed by atoms with Crippen LogP contribution in [0.4, 0.5) is 0 Å². The van der Waals surface area contributed by atoms with Gasteiger partial charge in [-0.05, 0) is 67.3 Å². The number of hydrogen-bond donors (Lipinski definition) is 1. The van der Waals surface area contributed by atoms with E-state index in [1.165, 1.54) is 7.11 Å². The van der Waals surface area contributed by atoms with Gasteiger partial charge in [0.05, 0.1) is 24.8 Å². The van der Waals surface area contributed by atoms with E-state index in [1.54, 1.807) is 36.5 Å². The van der Waals surface area contributed by atoms with Gasteiger partial charge < -0.3 is 14.8 Å². The number of benzene rings is 3. The van der Waals surface area contributed by atoms with Gasteiger partial charge in [-0.1, -0.05) is 60.7 Å². The molecule has 4 rings (SSSR count). The average Bonchev–Trinajstić information content (AvgIpc) is 2.96. The van der Waals surface area contributed by atoms with Crippen LogP contribution in [0.5, 0.6) is 5.75 Å². The minimum Gasteiger partial charge on any atom is -0.496 e. The normalized spacial score (nSPS) is 11.0. The number of hydrogen-bond acceptors (Lipinski definition) is 6. The summed E-state index contributed by atoms with van der Waals surface area (Å²) in [5, 5.41) is 2.86. The van der Waals surface area contributed by atoms with Crippen LogP contribution in [0.15, 0.2) is 91.1 Å². The summed E-state index contributed by atoms with van der Waals surface area (Å²) in [6.07, 6.45) is 1.89. The zero-order valence-electron chi connectivity index (χ0n) is 23.8. The van der Waals surface area contributed by atoms with Gasteiger partial charge in [0.25, 0.3) is 5.91 Å². The second kappa shape index (κ2) is 13.0. The van der Waals surface area contributed by atoms with Crippen LogP contribution in [-0.4, -0.2) is 35.4 Å². The molecule has 0 atom stereocenters. The smallest absolute Gasteiger partial charge is 0.312 e. The van der Waals surface area contributed by atoms with E-state index in [1.807, 2.05) is 75.4 Å². The molecule has 4 aromatic rings. The number of nitrogens with one attached hydrogen (secondary N) is 1. The first-order valence-corrected chi connectivity index (χ1v) is 13.4. The molecule has 0 radical (unpaired) electrons. The molecule has 0 saturated carbocycles. The Kier molecular flexibility index (Phi) is 9.30. The predicted octanol–water partition coefficient (Wildman–Crippen LogP) is 6.00. The number of carbonyl (C=O) groups excluding carboxylic acids is 3. The molecule has 41 heavy (non-hydrogen) atoms. The number of Topliss-reactive ketones (excluding diaryl/α,β-unsaturated/α-hetero) is 1. The van der Waals surface area contributed by atoms with Crippen LogP contribution >= 0.6 is 0 Å². The molecule has 0 fully saturated rings. The number of rotatable bonds is 10. The number of ether oxygens (including phenoxy) is 2. The van der Waals surface area contributed by atoms with Gasteiger partial charge in [-0.25, -0.2) is 0 Å². The van der Waals surface area contributed by atoms with Gasteiger partial charge in [-0.3, -0.25) is 19.4 Å². The van der Waals surface area contributed by atoms with Crippen LogP contribution in [0, 0.1) is 0 Å². The maximum atomic E-state index is 13.1. The maximum absolute atomic E-state index is 13.1. The summed E-state index contributed by atoms with van der Waals surface area (Å²) in [7, 11) is 1.48. The number of nitrogens with zero attached hydrogens (tertiary/aromatic N) is 1. The Hall–Kier alpha value is -4.78. The predicted molar refractivity (Wildman–Crippen MR) is 158 cm³/mol. The van der Waals surface area contributed by atoms with Crippen LogP contribution < -0.4 is 10.1 Å². The molecule has 7 nitrogen and oxygen atoms in total. The van der Waals surface area contributed by atoms with E-state index < -0.39 is 5.60 Å². The van der Waals surface area contributed by atoms with Crippen molar-refractivity contribution in [2.45, 2.75) is 45.8 Å². The van der Waals surface area contributed by atoms with Crippen molar-refractivity contribution >= 4 is 17.7 Å². The first-order chi connectivity index (χ1) is 19.6. The van der Waals surface area contributed by atoms with Crippen molar-refractivity contribution in [2.24, 2.45) is 0 Å². The van der Waals surface area contributed by atoms with Crippen LogP contribution in [0.1, 0.15) is 58.3 Å². The zero-order valence-corrected chi connectivity index (χ0v) is 23.8. The van der Waals surface area contributed by atoms with E-state index in [0.717, 1.165) is 22.3 Å². The summed E-state index contributed by atoms with van der Waals surface area (Å²) < 4.78 is 10.7. The minimum atomic E-state index is -0.557. The highest BCUT2D eigenvalue weighted by Gasteiger charge is 2.18. The number of esters is 1. The number of methoxy groups -OCH3 is 1. The number of ketones is 1. The molecule has 0 saturated heterocycles. The summed E-state index contributed by atoms with van der Waals surface area (Å²) in [4.78, 5) is 42.5. The third-order valence-electron chi connectivity index (χ3n) is 6.28. The largest absolute Gasteiger partial charge is 0.496 e. The third kappa shape index (κ3) is 8.35. The van der Waals surface area contributed by atoms with Gasteiger partial charge >= 0.3 is 5.97 Å². The lowest BCUT2D eigenvalue weighted by Crippen LogP contribution is -2.25. The highest BCUT2D eigenvalue weighted by molar-refractivity contribution is 6.03. The van der Waals surface area contributed by atoms with Crippen molar-refractivity contribution in [3.63, 3.8) is 0 Å². The van der Waals surface area contributed by atoms with Gasteiger partial charge in [-0.15, -0.1) is 0 Å². The molecular formula is C34H34N2O5. The maximum Gasteiger partial charge on any atom is 0.312 e. The van der Waals surface area contributed by atoms with Crippen LogP contribution in [-0.2, 0) is 28.9 Å². The molecule has 7 heteroatoms. The number of carbonyl (C=O) groups is 3. The molecule has 0 aliphatic carbocycles. The molecule has 210 valence electrons. The van der Waals surface area contributed by atoms with E-state index in [9.17, 15) is 14.4 Å². The Morgan fingerprint density at radius 3 is 2.12 bits per heavy atom. The Labute approximate surface area is 240 Å². The number of amides is 1. The Morgan fingerprint density at radius 1 is 0.805 bits per heavy atom. The molecule has 0 unspecified atom stereocenters. The fraction of sp³-hybridized carbons (Fsp3) is 0.235. The Balaban J connectivity index is 1.38. The third-order valence-corrected chi connectivity index (χ3v) is 6.28. The second-order valence-electron chi connectivity index (χ2n) is 10.7. The topological polar surface area (TPSA) is 94.6 Å². The van der Waals surface area contributed by atoms with Crippen molar-refractivity contribution in [2.75, 3.05) is 7.11 Å². The van der Waals surface area contributed by atoms with Crippen molar-refractivity contribution in [3.8, 4) is 16.9 Å². The monoisotopic (exact) mass is 550 g/mol. The molecular weight excluding hydrogens is 516 g/mol. The van der Waals surface area contributed by atoms with Gasteiger partial charge in [0.2, 0.25) is 0 Å². The van der Waals surface area contributed by atoms with Crippen molar-refractivity contribution in [1.29, 1.82) is 0 Å². The molecule has 1 aromatic heterocycles. The van der Waals surface area contributed by atoms with E-state index in [-0.39, 0.29) is 42.6 Å². The first-order valence-electron chi connectivity index (χ1n) is 13.4. The molecule has 1 amide bonds. The first kappa shape index (κ1) is 29.2. The lowest BCUT2D eigenvalue weighted by molar-refractivity contribution is -0.154. The Bertz CT molecular complexity index is 1510. The highest BCUT2D eigenvalue weighted by atomic mass is 16.6. The molecule has 0 aliphatic rings. The van der Waals surface area contributed by atoms with Crippen molar-refractivity contribution in [1.82, 2.24) is 10.3 Å². The van der Waals surface area contributed by atoms with E-state index in [4.69, 9.17) is 9.47 Å². The standard InChI is InChI=1S/C34H34N2O5/c1-34(2,3)41-32(38)20-28-16-12-24(21-35-28)22-36-33(39)29-19-27(15-17-31(29)40-4)30(37)18-23-10-13-26(14-11-23)25-8-6-5-7-9-25/h5-17,19,21H,18,20,22H2,1-4H3,(H,36,39). The van der Waals surface area contributed by atoms with Crippen molar-refractivity contribution in [3.05, 3.63) is 119 Å². The zero-order chi connectivity index (χ0) is 29.4. The molecule has 0 aliphatic heterocycles. The summed E-state index contributed by atoms with van der Waals surface area (Å²) in [5.74, 6) is -0.450. The fourth-order valence-electron chi connectivity index (χ4n) is 4.26. The van der Waals surface area contributed by atoms with Crippen LogP contribution in [0.3, 0.4) is 0 Å². The summed E-state index contributed by atoms with van der Waals surface area (Å²) in [6, 6.07) is 26.4. The molecule has 1 heterocycles. The van der Waals surface area contributed by atoms with E-state index in [2.05, 4.69) is 10.3 Å². The fourth-order valence-corrected chi connectivity index (χ4v) is 4.26. The second-order valence-corrected chi connectivity index (χ2v) is 10.7. The lowest BCUT2D eigenvalue weighted by atomic mass is 9.98. The van der Waals surface area contributed by atoms with Crippen LogP contribution in [0.2, 0.25) is 0 Å². The Morgan fingerprint density at radius 2 is 1.49 bits per heavy atom. The highest BCUT2D eigenvalue weighted by Crippen LogP contribution is 2.23. The SMILES string of the molecule is COc1ccc(C(=O)Cc2ccc(-c3ccccc3)cc2)cc1C(=O)NCc1ccc(CC(=O)OC(C)(C)C)nc1. The molecule has 1 N–H and O–H groups in total. The van der Waals surface area contributed by atoms with Gasteiger partial charge in [0, 0.05) is 24.7 Å². The lowest BCUT2D eigenvalue weighted by Gasteiger charge is -2.19. The molecule has 3 aromatic carbocycles.